The summed E-state index contributed by atoms with van der Waals surface area (Å²) in [7, 11) is 0. The van der Waals surface area contributed by atoms with Gasteiger partial charge in [-0.25, -0.2) is 0 Å². The lowest BCUT2D eigenvalue weighted by molar-refractivity contribution is -0.140. The Morgan fingerprint density at radius 2 is 1.74 bits per heavy atom. The normalized spacial score (nSPS) is 17.2. The number of rotatable bonds is 0. The minimum Gasteiger partial charge on any atom is -0.170 e. The van der Waals surface area contributed by atoms with E-state index in [0.717, 1.165) is 5.56 Å². The number of alkyl halides is 3. The van der Waals surface area contributed by atoms with Crippen molar-refractivity contribution in [2.45, 2.75) is 19.0 Å². The van der Waals surface area contributed by atoms with Crippen LogP contribution in [0.5, 0.6) is 0 Å². The Morgan fingerprint density at radius 1 is 1.05 bits per heavy atom. The molecule has 98 valence electrons. The highest BCUT2D eigenvalue weighted by Crippen LogP contribution is 2.54. The van der Waals surface area contributed by atoms with Crippen LogP contribution in [0.25, 0.3) is 11.1 Å². The van der Waals surface area contributed by atoms with E-state index in [2.05, 4.69) is 0 Å². The molecule has 0 spiro atoms. The first-order valence-corrected chi connectivity index (χ1v) is 6.23. The van der Waals surface area contributed by atoms with Crippen molar-refractivity contribution in [1.29, 1.82) is 0 Å². The standard InChI is InChI=1S/C15H10ClF3/c1-8-6-11-13(12(16)7-8)9-4-2-3-5-10(9)14(11)15(17,18)19/h2-7,14H,1H3. The topological polar surface area (TPSA) is 0 Å². The van der Waals surface area contributed by atoms with Gasteiger partial charge in [-0.05, 0) is 35.2 Å². The van der Waals surface area contributed by atoms with Gasteiger partial charge in [-0.3, -0.25) is 0 Å². The Balaban J connectivity index is 2.37. The van der Waals surface area contributed by atoms with Gasteiger partial charge in [-0.15, -0.1) is 0 Å². The summed E-state index contributed by atoms with van der Waals surface area (Å²) >= 11 is 6.15. The molecule has 3 rings (SSSR count). The van der Waals surface area contributed by atoms with Crippen LogP contribution in [0, 0.1) is 6.92 Å². The molecule has 0 saturated heterocycles. The van der Waals surface area contributed by atoms with Crippen molar-refractivity contribution in [3.05, 3.63) is 58.1 Å². The van der Waals surface area contributed by atoms with Crippen molar-refractivity contribution in [2.75, 3.05) is 0 Å². The zero-order valence-electron chi connectivity index (χ0n) is 10.1. The first-order chi connectivity index (χ1) is 8.89. The van der Waals surface area contributed by atoms with Crippen LogP contribution in [0.15, 0.2) is 36.4 Å². The zero-order chi connectivity index (χ0) is 13.8. The summed E-state index contributed by atoms with van der Waals surface area (Å²) in [5, 5.41) is 0.384. The molecule has 0 bridgehead atoms. The summed E-state index contributed by atoms with van der Waals surface area (Å²) in [6, 6.07) is 9.87. The van der Waals surface area contributed by atoms with E-state index in [9.17, 15) is 13.2 Å². The maximum absolute atomic E-state index is 13.3. The molecule has 0 fully saturated rings. The minimum absolute atomic E-state index is 0.263. The van der Waals surface area contributed by atoms with Crippen molar-refractivity contribution in [2.24, 2.45) is 0 Å². The van der Waals surface area contributed by atoms with Crippen molar-refractivity contribution in [1.82, 2.24) is 0 Å². The van der Waals surface area contributed by atoms with E-state index in [1.807, 2.05) is 0 Å². The minimum atomic E-state index is -4.31. The fraction of sp³-hybridized carbons (Fsp3) is 0.200. The quantitative estimate of drug-likeness (QED) is 0.613. The third kappa shape index (κ3) is 1.84. The first-order valence-electron chi connectivity index (χ1n) is 5.85. The lowest BCUT2D eigenvalue weighted by Gasteiger charge is -2.17. The van der Waals surface area contributed by atoms with E-state index in [1.165, 1.54) is 6.07 Å². The SMILES string of the molecule is Cc1cc(Cl)c2c(c1)C(C(F)(F)F)c1ccccc1-2. The van der Waals surface area contributed by atoms with Gasteiger partial charge >= 0.3 is 6.18 Å². The predicted octanol–water partition coefficient (Wildman–Crippen LogP) is 5.32. The van der Waals surface area contributed by atoms with Crippen LogP contribution in [0.3, 0.4) is 0 Å². The predicted molar refractivity (Wildman–Crippen MR) is 69.5 cm³/mol. The molecule has 0 nitrogen and oxygen atoms in total. The molecule has 2 aromatic carbocycles. The summed E-state index contributed by atoms with van der Waals surface area (Å²) < 4.78 is 40.0. The molecule has 1 atom stereocenters. The number of benzene rings is 2. The van der Waals surface area contributed by atoms with Crippen molar-refractivity contribution >= 4 is 11.6 Å². The van der Waals surface area contributed by atoms with Gasteiger partial charge in [0.05, 0.1) is 0 Å². The lowest BCUT2D eigenvalue weighted by atomic mass is 9.95. The van der Waals surface area contributed by atoms with E-state index in [-0.39, 0.29) is 11.1 Å². The highest BCUT2D eigenvalue weighted by Gasteiger charge is 2.47. The van der Waals surface area contributed by atoms with Crippen LogP contribution in [0.2, 0.25) is 5.02 Å². The Kier molecular flexibility index (Phi) is 2.65. The van der Waals surface area contributed by atoms with E-state index in [0.29, 0.717) is 16.1 Å². The second-order valence-electron chi connectivity index (χ2n) is 4.77. The van der Waals surface area contributed by atoms with Gasteiger partial charge in [0.1, 0.15) is 5.92 Å². The monoisotopic (exact) mass is 282 g/mol. The van der Waals surface area contributed by atoms with Gasteiger partial charge in [0, 0.05) is 10.6 Å². The fourth-order valence-electron chi connectivity index (χ4n) is 2.78. The fourth-order valence-corrected chi connectivity index (χ4v) is 3.16. The maximum Gasteiger partial charge on any atom is 0.399 e. The summed E-state index contributed by atoms with van der Waals surface area (Å²) in [6.45, 7) is 1.75. The molecule has 0 aliphatic heterocycles. The molecule has 0 N–H and O–H groups in total. The van der Waals surface area contributed by atoms with Crippen molar-refractivity contribution < 1.29 is 13.2 Å². The van der Waals surface area contributed by atoms with E-state index >= 15 is 0 Å². The molecular weight excluding hydrogens is 273 g/mol. The molecule has 0 saturated carbocycles. The molecule has 0 radical (unpaired) electrons. The molecule has 1 aliphatic carbocycles. The lowest BCUT2D eigenvalue weighted by Crippen LogP contribution is -2.19. The number of hydrogen-bond donors (Lipinski definition) is 0. The number of hydrogen-bond acceptors (Lipinski definition) is 0. The third-order valence-corrected chi connectivity index (χ3v) is 3.74. The Morgan fingerprint density at radius 3 is 2.42 bits per heavy atom. The molecule has 0 aromatic heterocycles. The summed E-state index contributed by atoms with van der Waals surface area (Å²) in [6.07, 6.45) is -4.31. The molecule has 1 unspecified atom stereocenters. The van der Waals surface area contributed by atoms with Crippen molar-refractivity contribution in [3.8, 4) is 11.1 Å². The molecule has 19 heavy (non-hydrogen) atoms. The average molecular weight is 283 g/mol. The summed E-state index contributed by atoms with van der Waals surface area (Å²) in [5.41, 5.74) is 2.40. The number of aryl methyl sites for hydroxylation is 1. The summed E-state index contributed by atoms with van der Waals surface area (Å²) in [5.74, 6) is -1.57. The Bertz CT molecular complexity index is 659. The van der Waals surface area contributed by atoms with Crippen LogP contribution in [0.1, 0.15) is 22.6 Å². The average Bonchev–Trinajstić information content (AvgIpc) is 2.61. The van der Waals surface area contributed by atoms with Crippen LogP contribution in [-0.2, 0) is 0 Å². The van der Waals surface area contributed by atoms with Crippen LogP contribution in [-0.4, -0.2) is 6.18 Å². The largest absolute Gasteiger partial charge is 0.399 e. The van der Waals surface area contributed by atoms with Gasteiger partial charge in [-0.2, -0.15) is 13.2 Å². The molecular formula is C15H10ClF3. The Hall–Kier alpha value is -1.48. The van der Waals surface area contributed by atoms with Crippen LogP contribution in [0.4, 0.5) is 13.2 Å². The molecule has 2 aromatic rings. The first kappa shape index (κ1) is 12.5. The molecule has 0 amide bonds. The molecule has 4 heteroatoms. The van der Waals surface area contributed by atoms with Crippen LogP contribution >= 0.6 is 11.6 Å². The highest BCUT2D eigenvalue weighted by molar-refractivity contribution is 6.34. The van der Waals surface area contributed by atoms with E-state index in [4.69, 9.17) is 11.6 Å². The van der Waals surface area contributed by atoms with Crippen LogP contribution < -0.4 is 0 Å². The van der Waals surface area contributed by atoms with Gasteiger partial charge in [0.15, 0.2) is 0 Å². The number of halogens is 4. The van der Waals surface area contributed by atoms with Crippen molar-refractivity contribution in [3.63, 3.8) is 0 Å². The number of fused-ring (bicyclic) bond motifs is 3. The van der Waals surface area contributed by atoms with Gasteiger partial charge in [0.2, 0.25) is 0 Å². The Labute approximate surface area is 113 Å². The highest BCUT2D eigenvalue weighted by atomic mass is 35.5. The second kappa shape index (κ2) is 4.01. The van der Waals surface area contributed by atoms with E-state index < -0.39 is 12.1 Å². The van der Waals surface area contributed by atoms with Gasteiger partial charge in [0.25, 0.3) is 0 Å². The maximum atomic E-state index is 13.3. The zero-order valence-corrected chi connectivity index (χ0v) is 10.8. The summed E-state index contributed by atoms with van der Waals surface area (Å²) in [4.78, 5) is 0. The third-order valence-electron chi connectivity index (χ3n) is 3.44. The smallest absolute Gasteiger partial charge is 0.170 e. The van der Waals surface area contributed by atoms with Gasteiger partial charge in [-0.1, -0.05) is 41.9 Å². The van der Waals surface area contributed by atoms with Gasteiger partial charge < -0.3 is 0 Å². The van der Waals surface area contributed by atoms with E-state index in [1.54, 1.807) is 37.3 Å². The molecule has 1 aliphatic rings. The second-order valence-corrected chi connectivity index (χ2v) is 5.18. The molecule has 0 heterocycles.